The molecule has 3 amide bonds. The maximum atomic E-state index is 14.0. The van der Waals surface area contributed by atoms with Crippen LogP contribution < -0.4 is 5.32 Å². The number of carbonyl (C=O) groups excluding carboxylic acids is 3. The third-order valence-corrected chi connectivity index (χ3v) is 11.7. The van der Waals surface area contributed by atoms with Crippen molar-refractivity contribution in [2.24, 2.45) is 11.8 Å². The Kier molecular flexibility index (Phi) is 10.7. The molecule has 0 radical (unpaired) electrons. The van der Waals surface area contributed by atoms with Gasteiger partial charge in [-0.1, -0.05) is 50.1 Å². The average molecular weight is 760 g/mol. The van der Waals surface area contributed by atoms with Gasteiger partial charge in [-0.3, -0.25) is 9.80 Å². The van der Waals surface area contributed by atoms with E-state index in [4.69, 9.17) is 4.74 Å². The van der Waals surface area contributed by atoms with Crippen molar-refractivity contribution in [3.05, 3.63) is 62.5 Å². The van der Waals surface area contributed by atoms with Gasteiger partial charge in [0.25, 0.3) is 0 Å². The van der Waals surface area contributed by atoms with Crippen LogP contribution in [-0.2, 0) is 22.6 Å². The summed E-state index contributed by atoms with van der Waals surface area (Å²) in [6, 6.07) is 13.5. The number of para-hydroxylation sites is 1. The molecule has 46 heavy (non-hydrogen) atoms. The maximum absolute atomic E-state index is 14.0. The van der Waals surface area contributed by atoms with Crippen LogP contribution in [0.5, 0.6) is 0 Å². The number of anilines is 1. The zero-order chi connectivity index (χ0) is 32.3. The van der Waals surface area contributed by atoms with Gasteiger partial charge in [0.2, 0.25) is 0 Å². The van der Waals surface area contributed by atoms with E-state index in [1.54, 1.807) is 0 Å². The van der Waals surface area contributed by atoms with Crippen molar-refractivity contribution >= 4 is 56.0 Å². The number of hydrogen-bond acceptors (Lipinski definition) is 6. The first-order valence-electron chi connectivity index (χ1n) is 16.7. The molecular formula is C35H45Br2N5O4. The van der Waals surface area contributed by atoms with Crippen molar-refractivity contribution in [3.8, 4) is 0 Å². The lowest BCUT2D eigenvalue weighted by atomic mass is 9.77. The summed E-state index contributed by atoms with van der Waals surface area (Å²) in [7, 11) is 2.20. The van der Waals surface area contributed by atoms with Crippen LogP contribution in [0.3, 0.4) is 0 Å². The first-order chi connectivity index (χ1) is 22.3. The second-order valence-electron chi connectivity index (χ2n) is 13.5. The number of hydrogen-bond donors (Lipinski definition) is 1. The van der Waals surface area contributed by atoms with Crippen LogP contribution in [0.25, 0.3) is 0 Å². The van der Waals surface area contributed by atoms with Crippen molar-refractivity contribution < 1.29 is 19.1 Å². The van der Waals surface area contributed by atoms with E-state index in [2.05, 4.69) is 60.1 Å². The molecule has 4 aliphatic heterocycles. The van der Waals surface area contributed by atoms with Gasteiger partial charge in [-0.15, -0.1) is 0 Å². The molecule has 2 aromatic rings. The fraction of sp³-hybridized carbons (Fsp3) is 0.571. The summed E-state index contributed by atoms with van der Waals surface area (Å²) in [5.41, 5.74) is 1.97. The molecule has 2 atom stereocenters. The van der Waals surface area contributed by atoms with Gasteiger partial charge in [-0.05, 0) is 106 Å². The van der Waals surface area contributed by atoms with Gasteiger partial charge >= 0.3 is 12.1 Å². The third-order valence-electron chi connectivity index (χ3n) is 10.8. The van der Waals surface area contributed by atoms with Crippen molar-refractivity contribution in [1.29, 1.82) is 0 Å². The number of fused-ring (bicyclic) bond motifs is 1. The average Bonchev–Trinajstić information content (AvgIpc) is 3.22. The molecular weight excluding hydrogens is 714 g/mol. The maximum Gasteiger partial charge on any atom is 0.411 e. The van der Waals surface area contributed by atoms with E-state index < -0.39 is 11.8 Å². The highest BCUT2D eigenvalue weighted by atomic mass is 79.9. The predicted octanol–water partition coefficient (Wildman–Crippen LogP) is 6.74. The molecule has 0 bridgehead atoms. The lowest BCUT2D eigenvalue weighted by molar-refractivity contribution is -0.129. The molecule has 6 rings (SSSR count). The Morgan fingerprint density at radius 2 is 1.63 bits per heavy atom. The number of ether oxygens (including phenoxy) is 1. The second-order valence-corrected chi connectivity index (χ2v) is 15.3. The Morgan fingerprint density at radius 3 is 2.33 bits per heavy atom. The first-order valence-corrected chi connectivity index (χ1v) is 18.3. The summed E-state index contributed by atoms with van der Waals surface area (Å²) in [5, 5.41) is 3.12. The van der Waals surface area contributed by atoms with E-state index in [-0.39, 0.29) is 25.1 Å². The van der Waals surface area contributed by atoms with Crippen LogP contribution in [0.1, 0.15) is 56.1 Å². The predicted molar refractivity (Wildman–Crippen MR) is 186 cm³/mol. The minimum atomic E-state index is -0.864. The normalized spacial score (nSPS) is 25.5. The van der Waals surface area contributed by atoms with Gasteiger partial charge in [-0.25, -0.2) is 9.59 Å². The molecule has 3 fully saturated rings. The number of halogens is 2. The molecule has 0 unspecified atom stereocenters. The Morgan fingerprint density at radius 1 is 0.957 bits per heavy atom. The van der Waals surface area contributed by atoms with Gasteiger partial charge in [0.1, 0.15) is 18.6 Å². The quantitative estimate of drug-likeness (QED) is 0.315. The zero-order valence-corrected chi connectivity index (χ0v) is 29.8. The monoisotopic (exact) mass is 757 g/mol. The van der Waals surface area contributed by atoms with Crippen molar-refractivity contribution in [2.75, 3.05) is 51.6 Å². The minimum Gasteiger partial charge on any atom is -0.444 e. The number of rotatable bonds is 7. The Hall–Kier alpha value is -2.47. The SMILES string of the molecule is CN1CCC(C2CCN([C@]3(CC=O)C[C@H](N4CCc5ccccc5NC4=O)CCN3C(=O)OCc3cc(Br)cc(Br)c3)CC2)CC1. The Balaban J connectivity index is 1.24. The van der Waals surface area contributed by atoms with E-state index >= 15 is 0 Å². The Bertz CT molecular complexity index is 1390. The van der Waals surface area contributed by atoms with E-state index in [0.29, 0.717) is 31.8 Å². The number of piperidine rings is 3. The topological polar surface area (TPSA) is 85.4 Å². The van der Waals surface area contributed by atoms with Crippen LogP contribution in [0, 0.1) is 11.8 Å². The largest absolute Gasteiger partial charge is 0.444 e. The molecule has 4 aliphatic rings. The number of nitrogens with zero attached hydrogens (tertiary/aromatic N) is 4. The molecule has 0 aliphatic carbocycles. The zero-order valence-electron chi connectivity index (χ0n) is 26.6. The lowest BCUT2D eigenvalue weighted by Gasteiger charge is -2.57. The lowest BCUT2D eigenvalue weighted by Crippen LogP contribution is -2.69. The summed E-state index contributed by atoms with van der Waals surface area (Å²) in [5.74, 6) is 1.38. The molecule has 11 heteroatoms. The number of likely N-dealkylation sites (tertiary alicyclic amines) is 3. The molecule has 9 nitrogen and oxygen atoms in total. The van der Waals surface area contributed by atoms with E-state index in [1.807, 2.05) is 46.2 Å². The van der Waals surface area contributed by atoms with Crippen molar-refractivity contribution in [2.45, 2.75) is 69.7 Å². The third kappa shape index (κ3) is 7.32. The molecule has 0 spiro atoms. The highest BCUT2D eigenvalue weighted by Gasteiger charge is 2.52. The van der Waals surface area contributed by atoms with Crippen LogP contribution >= 0.6 is 31.9 Å². The second kappa shape index (κ2) is 14.7. The van der Waals surface area contributed by atoms with Gasteiger partial charge in [0.05, 0.1) is 0 Å². The van der Waals surface area contributed by atoms with Crippen molar-refractivity contribution in [1.82, 2.24) is 19.6 Å². The van der Waals surface area contributed by atoms with Gasteiger partial charge in [0.15, 0.2) is 0 Å². The summed E-state index contributed by atoms with van der Waals surface area (Å²) < 4.78 is 7.76. The smallest absolute Gasteiger partial charge is 0.411 e. The van der Waals surface area contributed by atoms with E-state index in [1.165, 1.54) is 12.8 Å². The van der Waals surface area contributed by atoms with E-state index in [9.17, 15) is 14.4 Å². The molecule has 3 saturated heterocycles. The van der Waals surface area contributed by atoms with Gasteiger partial charge < -0.3 is 24.6 Å². The summed E-state index contributed by atoms with van der Waals surface area (Å²) in [6.07, 6.45) is 7.16. The number of benzene rings is 2. The number of carbonyl (C=O) groups is 3. The molecule has 1 N–H and O–H groups in total. The first kappa shape index (κ1) is 33.4. The number of amides is 3. The molecule has 248 valence electrons. The van der Waals surface area contributed by atoms with Gasteiger partial charge in [-0.2, -0.15) is 0 Å². The summed E-state index contributed by atoms with van der Waals surface area (Å²) in [6.45, 7) is 5.06. The van der Waals surface area contributed by atoms with Gasteiger partial charge in [0, 0.05) is 59.7 Å². The summed E-state index contributed by atoms with van der Waals surface area (Å²) >= 11 is 7.04. The number of nitrogens with one attached hydrogen (secondary N) is 1. The fourth-order valence-corrected chi connectivity index (χ4v) is 9.69. The molecule has 0 aromatic heterocycles. The molecule has 2 aromatic carbocycles. The highest BCUT2D eigenvalue weighted by Crippen LogP contribution is 2.42. The van der Waals surface area contributed by atoms with Crippen molar-refractivity contribution in [3.63, 3.8) is 0 Å². The van der Waals surface area contributed by atoms with Crippen LogP contribution in [-0.4, -0.2) is 96.0 Å². The van der Waals surface area contributed by atoms with E-state index in [0.717, 1.165) is 83.4 Å². The molecule has 0 saturated carbocycles. The standard InChI is InChI=1S/C35H45Br2N5O4/c1-39-13-6-26(7-14-39)27-8-15-40(16-9-27)35(12-19-43)23-31(41-17-10-28-4-2-3-5-32(28)38-33(41)44)11-18-42(35)34(45)46-24-25-20-29(36)22-30(37)21-25/h2-5,19-22,26-27,31H,6-18,23-24H2,1H3,(H,38,44)/t31-,35+/m1/s1. The van der Waals surface area contributed by atoms with Crippen LogP contribution in [0.4, 0.5) is 15.3 Å². The fourth-order valence-electron chi connectivity index (χ4n) is 8.30. The highest BCUT2D eigenvalue weighted by molar-refractivity contribution is 9.11. The molecule has 4 heterocycles. The van der Waals surface area contributed by atoms with Crippen LogP contribution in [0.2, 0.25) is 0 Å². The Labute approximate surface area is 289 Å². The number of urea groups is 1. The minimum absolute atomic E-state index is 0.118. The summed E-state index contributed by atoms with van der Waals surface area (Å²) in [4.78, 5) is 48.7. The number of aldehydes is 1. The van der Waals surface area contributed by atoms with Crippen LogP contribution in [0.15, 0.2) is 51.4 Å².